The Balaban J connectivity index is 1.69. The molecule has 1 aliphatic rings. The first-order chi connectivity index (χ1) is 8.96. The summed E-state index contributed by atoms with van der Waals surface area (Å²) in [6.45, 7) is 0.699. The number of alkyl halides is 1. The second kappa shape index (κ2) is 5.98. The molecule has 4 nitrogen and oxygen atoms in total. The smallest absolute Gasteiger partial charge is 0.265 e. The monoisotopic (exact) mass is 288 g/mol. The lowest BCUT2D eigenvalue weighted by Crippen LogP contribution is -2.44. The average molecular weight is 288 g/mol. The minimum atomic E-state index is -4.08. The topological polar surface area (TPSA) is 63.6 Å². The van der Waals surface area contributed by atoms with Crippen molar-refractivity contribution >= 4 is 10.1 Å². The molecular formula is C13H17FO4S. The van der Waals surface area contributed by atoms with E-state index in [2.05, 4.69) is 0 Å². The Labute approximate surface area is 112 Å². The van der Waals surface area contributed by atoms with Crippen LogP contribution in [0.25, 0.3) is 0 Å². The zero-order valence-corrected chi connectivity index (χ0v) is 11.2. The second-order valence-corrected chi connectivity index (χ2v) is 6.45. The summed E-state index contributed by atoms with van der Waals surface area (Å²) in [7, 11) is -4.08. The molecule has 1 aromatic rings. The summed E-state index contributed by atoms with van der Waals surface area (Å²) in [5.41, 5.74) is 1.02. The fourth-order valence-corrected chi connectivity index (χ4v) is 3.19. The summed E-state index contributed by atoms with van der Waals surface area (Å²) in [6, 6.07) is 9.57. The van der Waals surface area contributed by atoms with E-state index in [4.69, 9.17) is 9.29 Å². The first-order valence-electron chi connectivity index (χ1n) is 6.16. The Kier molecular flexibility index (Phi) is 4.54. The number of hydrogen-bond donors (Lipinski definition) is 1. The molecule has 0 amide bonds. The van der Waals surface area contributed by atoms with E-state index in [1.807, 2.05) is 30.3 Å². The Bertz CT molecular complexity index is 503. The molecule has 0 aromatic heterocycles. The number of hydrogen-bond acceptors (Lipinski definition) is 3. The molecule has 0 bridgehead atoms. The zero-order chi connectivity index (χ0) is 13.9. The van der Waals surface area contributed by atoms with Gasteiger partial charge in [0, 0.05) is 11.8 Å². The van der Waals surface area contributed by atoms with Crippen LogP contribution in [0, 0.1) is 11.8 Å². The van der Waals surface area contributed by atoms with Gasteiger partial charge in [-0.1, -0.05) is 30.3 Å². The van der Waals surface area contributed by atoms with Crippen molar-refractivity contribution in [3.8, 4) is 0 Å². The van der Waals surface area contributed by atoms with Gasteiger partial charge in [-0.15, -0.1) is 0 Å². The van der Waals surface area contributed by atoms with Gasteiger partial charge in [0.25, 0.3) is 10.1 Å². The van der Waals surface area contributed by atoms with E-state index in [-0.39, 0.29) is 12.5 Å². The molecule has 0 heterocycles. The molecule has 19 heavy (non-hydrogen) atoms. The normalized spacial score (nSPS) is 26.9. The molecule has 0 radical (unpaired) electrons. The quantitative estimate of drug-likeness (QED) is 0.814. The number of halogens is 1. The minimum Gasteiger partial charge on any atom is -0.376 e. The van der Waals surface area contributed by atoms with Gasteiger partial charge in [0.1, 0.15) is 6.17 Å². The first kappa shape index (κ1) is 14.4. The zero-order valence-electron chi connectivity index (χ0n) is 10.4. The molecule has 0 spiro atoms. The van der Waals surface area contributed by atoms with Gasteiger partial charge in [0.15, 0.2) is 0 Å². The Morgan fingerprint density at radius 2 is 1.95 bits per heavy atom. The van der Waals surface area contributed by atoms with Gasteiger partial charge >= 0.3 is 0 Å². The van der Waals surface area contributed by atoms with E-state index in [0.29, 0.717) is 13.0 Å². The van der Waals surface area contributed by atoms with E-state index >= 15 is 0 Å². The van der Waals surface area contributed by atoms with Gasteiger partial charge in [0.05, 0.1) is 19.0 Å². The molecule has 0 aliphatic heterocycles. The van der Waals surface area contributed by atoms with Crippen molar-refractivity contribution < 1.29 is 22.1 Å². The van der Waals surface area contributed by atoms with Crippen molar-refractivity contribution in [2.24, 2.45) is 11.8 Å². The molecule has 1 fully saturated rings. The Morgan fingerprint density at radius 1 is 1.26 bits per heavy atom. The standard InChI is InChI=1S/C13H17FO4S/c14-13-11(6-12(13)9-19(15,16)17)8-18-7-10-4-2-1-3-5-10/h1-5,11-13H,6-9H2,(H,15,16,17). The molecule has 3 atom stereocenters. The second-order valence-electron chi connectivity index (χ2n) is 4.95. The maximum absolute atomic E-state index is 13.6. The molecular weight excluding hydrogens is 271 g/mol. The van der Waals surface area contributed by atoms with Crippen molar-refractivity contribution in [1.82, 2.24) is 0 Å². The van der Waals surface area contributed by atoms with Gasteiger partial charge in [0.2, 0.25) is 0 Å². The number of ether oxygens (including phenoxy) is 1. The molecule has 1 aromatic carbocycles. The van der Waals surface area contributed by atoms with Crippen LogP contribution < -0.4 is 0 Å². The van der Waals surface area contributed by atoms with Gasteiger partial charge in [-0.3, -0.25) is 4.55 Å². The lowest BCUT2D eigenvalue weighted by atomic mass is 9.74. The van der Waals surface area contributed by atoms with Crippen molar-refractivity contribution in [2.45, 2.75) is 19.2 Å². The van der Waals surface area contributed by atoms with Gasteiger partial charge in [-0.25, -0.2) is 4.39 Å². The van der Waals surface area contributed by atoms with Crippen molar-refractivity contribution in [1.29, 1.82) is 0 Å². The molecule has 3 unspecified atom stereocenters. The third kappa shape index (κ3) is 4.26. The molecule has 1 aliphatic carbocycles. The first-order valence-corrected chi connectivity index (χ1v) is 7.77. The number of benzene rings is 1. The largest absolute Gasteiger partial charge is 0.376 e. The lowest BCUT2D eigenvalue weighted by molar-refractivity contribution is -0.0285. The Morgan fingerprint density at radius 3 is 2.53 bits per heavy atom. The SMILES string of the molecule is O=S(=O)(O)CC1CC(COCc2ccccc2)C1F. The van der Waals surface area contributed by atoms with Gasteiger partial charge in [-0.05, 0) is 12.0 Å². The third-order valence-corrected chi connectivity index (χ3v) is 4.22. The fraction of sp³-hybridized carbons (Fsp3) is 0.538. The lowest BCUT2D eigenvalue weighted by Gasteiger charge is -2.38. The maximum Gasteiger partial charge on any atom is 0.265 e. The van der Waals surface area contributed by atoms with Crippen LogP contribution >= 0.6 is 0 Å². The van der Waals surface area contributed by atoms with E-state index < -0.39 is 28.0 Å². The fourth-order valence-electron chi connectivity index (χ4n) is 2.33. The van der Waals surface area contributed by atoms with Crippen molar-refractivity contribution in [3.05, 3.63) is 35.9 Å². The summed E-state index contributed by atoms with van der Waals surface area (Å²) >= 11 is 0. The van der Waals surface area contributed by atoms with E-state index in [1.165, 1.54) is 0 Å². The predicted molar refractivity (Wildman–Crippen MR) is 69.0 cm³/mol. The van der Waals surface area contributed by atoms with E-state index in [9.17, 15) is 12.8 Å². The van der Waals surface area contributed by atoms with Crippen molar-refractivity contribution in [3.63, 3.8) is 0 Å². The summed E-state index contributed by atoms with van der Waals surface area (Å²) < 4.78 is 49.0. The highest BCUT2D eigenvalue weighted by Crippen LogP contribution is 2.38. The van der Waals surface area contributed by atoms with Crippen LogP contribution in [-0.4, -0.2) is 31.5 Å². The summed E-state index contributed by atoms with van der Waals surface area (Å²) in [5.74, 6) is -1.36. The molecule has 106 valence electrons. The van der Waals surface area contributed by atoms with Crippen LogP contribution in [-0.2, 0) is 21.5 Å². The van der Waals surface area contributed by atoms with E-state index in [0.717, 1.165) is 5.56 Å². The van der Waals surface area contributed by atoms with Crippen molar-refractivity contribution in [2.75, 3.05) is 12.4 Å². The maximum atomic E-state index is 13.6. The Hall–Kier alpha value is -0.980. The molecule has 6 heteroatoms. The highest BCUT2D eigenvalue weighted by molar-refractivity contribution is 7.85. The molecule has 1 saturated carbocycles. The summed E-state index contributed by atoms with van der Waals surface area (Å²) in [6.07, 6.45) is -0.770. The van der Waals surface area contributed by atoms with Crippen LogP contribution in [0.1, 0.15) is 12.0 Å². The van der Waals surface area contributed by atoms with Crippen LogP contribution in [0.2, 0.25) is 0 Å². The highest BCUT2D eigenvalue weighted by Gasteiger charge is 2.43. The van der Waals surface area contributed by atoms with E-state index in [1.54, 1.807) is 0 Å². The molecule has 1 N–H and O–H groups in total. The number of rotatable bonds is 6. The molecule has 2 rings (SSSR count). The average Bonchev–Trinajstić information content (AvgIpc) is 2.36. The molecule has 0 saturated heterocycles. The van der Waals surface area contributed by atoms with Gasteiger partial charge < -0.3 is 4.74 Å². The predicted octanol–water partition coefficient (Wildman–Crippen LogP) is 2.07. The summed E-state index contributed by atoms with van der Waals surface area (Å²) in [4.78, 5) is 0. The van der Waals surface area contributed by atoms with Crippen LogP contribution in [0.3, 0.4) is 0 Å². The van der Waals surface area contributed by atoms with Crippen LogP contribution in [0.4, 0.5) is 4.39 Å². The highest BCUT2D eigenvalue weighted by atomic mass is 32.2. The third-order valence-electron chi connectivity index (χ3n) is 3.37. The summed E-state index contributed by atoms with van der Waals surface area (Å²) in [5, 5.41) is 0. The van der Waals surface area contributed by atoms with Crippen LogP contribution in [0.5, 0.6) is 0 Å². The van der Waals surface area contributed by atoms with Gasteiger partial charge in [-0.2, -0.15) is 8.42 Å². The van der Waals surface area contributed by atoms with Crippen LogP contribution in [0.15, 0.2) is 30.3 Å². The minimum absolute atomic E-state index is 0.268.